The zero-order valence-electron chi connectivity index (χ0n) is 18.2. The van der Waals surface area contributed by atoms with Crippen molar-refractivity contribution >= 4 is 12.6 Å². The standard InChI is InChI=1S/C26H33N3OS/c31-19-13-7-5-3-1-2-4-6-12-18-30-22-20-25(23-14-8-10-16-27-23)29-26(21-22)24-15-9-11-17-28-24/h8-11,14-17,20-21,31H,1-7,12-13,18-19H2. The molecule has 0 bridgehead atoms. The molecule has 5 heteroatoms. The van der Waals surface area contributed by atoms with Crippen molar-refractivity contribution in [3.05, 3.63) is 60.9 Å². The normalized spacial score (nSPS) is 10.9. The molecule has 0 aliphatic heterocycles. The van der Waals surface area contributed by atoms with Crippen LogP contribution in [0.1, 0.15) is 57.8 Å². The summed E-state index contributed by atoms with van der Waals surface area (Å²) in [6.07, 6.45) is 15.1. The van der Waals surface area contributed by atoms with E-state index in [1.807, 2.05) is 48.5 Å². The SMILES string of the molecule is SCCCCCCCCCCCOc1cc(-c2ccccn2)nc(-c2ccccn2)c1. The Kier molecular flexibility index (Phi) is 10.4. The van der Waals surface area contributed by atoms with Crippen LogP contribution in [0, 0.1) is 0 Å². The van der Waals surface area contributed by atoms with Gasteiger partial charge in [0.05, 0.1) is 29.4 Å². The van der Waals surface area contributed by atoms with Gasteiger partial charge in [-0.05, 0) is 42.9 Å². The number of thiol groups is 1. The molecule has 3 aromatic heterocycles. The monoisotopic (exact) mass is 435 g/mol. The Balaban J connectivity index is 1.50. The molecule has 0 aromatic carbocycles. The molecule has 31 heavy (non-hydrogen) atoms. The van der Waals surface area contributed by atoms with E-state index < -0.39 is 0 Å². The molecule has 164 valence electrons. The van der Waals surface area contributed by atoms with Crippen LogP contribution in [0.2, 0.25) is 0 Å². The maximum absolute atomic E-state index is 6.10. The van der Waals surface area contributed by atoms with Crippen LogP contribution in [-0.2, 0) is 0 Å². The highest BCUT2D eigenvalue weighted by Crippen LogP contribution is 2.26. The van der Waals surface area contributed by atoms with E-state index in [1.165, 1.54) is 51.4 Å². The summed E-state index contributed by atoms with van der Waals surface area (Å²) in [5.41, 5.74) is 3.27. The first-order valence-corrected chi connectivity index (χ1v) is 12.1. The summed E-state index contributed by atoms with van der Waals surface area (Å²) in [7, 11) is 0. The number of ether oxygens (including phenoxy) is 1. The van der Waals surface area contributed by atoms with Crippen molar-refractivity contribution in [2.45, 2.75) is 57.8 Å². The van der Waals surface area contributed by atoms with Crippen LogP contribution in [0.25, 0.3) is 22.8 Å². The fraction of sp³-hybridized carbons (Fsp3) is 0.423. The molecule has 0 spiro atoms. The fourth-order valence-corrected chi connectivity index (χ4v) is 3.74. The number of nitrogens with zero attached hydrogens (tertiary/aromatic N) is 3. The maximum Gasteiger partial charge on any atom is 0.123 e. The first-order chi connectivity index (χ1) is 15.4. The van der Waals surface area contributed by atoms with Gasteiger partial charge in [-0.25, -0.2) is 4.98 Å². The fourth-order valence-electron chi connectivity index (χ4n) is 3.52. The van der Waals surface area contributed by atoms with Crippen molar-refractivity contribution in [1.82, 2.24) is 15.0 Å². The van der Waals surface area contributed by atoms with Crippen molar-refractivity contribution in [3.63, 3.8) is 0 Å². The van der Waals surface area contributed by atoms with E-state index in [9.17, 15) is 0 Å². The summed E-state index contributed by atoms with van der Waals surface area (Å²) in [6.45, 7) is 0.718. The maximum atomic E-state index is 6.10. The molecule has 3 aromatic rings. The minimum absolute atomic E-state index is 0.718. The molecule has 0 unspecified atom stereocenters. The number of rotatable bonds is 14. The summed E-state index contributed by atoms with van der Waals surface area (Å²) in [6, 6.07) is 15.6. The van der Waals surface area contributed by atoms with Gasteiger partial charge in [0.1, 0.15) is 5.75 Å². The quantitative estimate of drug-likeness (QED) is 0.218. The van der Waals surface area contributed by atoms with Gasteiger partial charge in [-0.15, -0.1) is 0 Å². The summed E-state index contributed by atoms with van der Waals surface area (Å²) >= 11 is 4.26. The highest BCUT2D eigenvalue weighted by molar-refractivity contribution is 7.80. The third-order valence-corrected chi connectivity index (χ3v) is 5.54. The van der Waals surface area contributed by atoms with E-state index in [-0.39, 0.29) is 0 Å². The Morgan fingerprint density at radius 3 is 1.61 bits per heavy atom. The van der Waals surface area contributed by atoms with Gasteiger partial charge in [0.25, 0.3) is 0 Å². The summed E-state index contributed by atoms with van der Waals surface area (Å²) in [4.78, 5) is 13.7. The minimum Gasteiger partial charge on any atom is -0.493 e. The summed E-state index contributed by atoms with van der Waals surface area (Å²) in [5, 5.41) is 0. The number of unbranched alkanes of at least 4 members (excludes halogenated alkanes) is 8. The molecule has 0 saturated carbocycles. The van der Waals surface area contributed by atoms with Gasteiger partial charge >= 0.3 is 0 Å². The number of hydrogen-bond donors (Lipinski definition) is 1. The average Bonchev–Trinajstić information content (AvgIpc) is 2.83. The van der Waals surface area contributed by atoms with E-state index in [1.54, 1.807) is 12.4 Å². The van der Waals surface area contributed by atoms with Crippen molar-refractivity contribution in [2.24, 2.45) is 0 Å². The van der Waals surface area contributed by atoms with Crippen molar-refractivity contribution in [3.8, 4) is 28.5 Å². The summed E-state index contributed by atoms with van der Waals surface area (Å²) < 4.78 is 6.10. The van der Waals surface area contributed by atoms with Crippen molar-refractivity contribution in [2.75, 3.05) is 12.4 Å². The van der Waals surface area contributed by atoms with Crippen molar-refractivity contribution < 1.29 is 4.74 Å². The van der Waals surface area contributed by atoms with E-state index in [4.69, 9.17) is 9.72 Å². The lowest BCUT2D eigenvalue weighted by molar-refractivity contribution is 0.304. The molecule has 0 aliphatic rings. The Morgan fingerprint density at radius 1 is 0.613 bits per heavy atom. The lowest BCUT2D eigenvalue weighted by Gasteiger charge is -2.10. The molecule has 3 rings (SSSR count). The molecule has 0 aliphatic carbocycles. The molecule has 0 radical (unpaired) electrons. The van der Waals surface area contributed by atoms with Gasteiger partial charge in [0.15, 0.2) is 0 Å². The topological polar surface area (TPSA) is 47.9 Å². The Hall–Kier alpha value is -2.40. The second-order valence-electron chi connectivity index (χ2n) is 7.76. The van der Waals surface area contributed by atoms with Gasteiger partial charge in [-0.2, -0.15) is 12.6 Å². The Labute approximate surface area is 191 Å². The Bertz CT molecular complexity index is 817. The van der Waals surface area contributed by atoms with Crippen LogP contribution in [0.3, 0.4) is 0 Å². The van der Waals surface area contributed by atoms with Crippen LogP contribution in [0.15, 0.2) is 60.9 Å². The molecule has 3 heterocycles. The van der Waals surface area contributed by atoms with E-state index in [0.29, 0.717) is 0 Å². The minimum atomic E-state index is 0.718. The highest BCUT2D eigenvalue weighted by atomic mass is 32.1. The van der Waals surface area contributed by atoms with Crippen molar-refractivity contribution in [1.29, 1.82) is 0 Å². The predicted octanol–water partition coefficient (Wildman–Crippen LogP) is 7.03. The van der Waals surface area contributed by atoms with E-state index >= 15 is 0 Å². The Morgan fingerprint density at radius 2 is 1.13 bits per heavy atom. The number of aromatic nitrogens is 3. The number of pyridine rings is 3. The second-order valence-corrected chi connectivity index (χ2v) is 8.20. The molecule has 0 amide bonds. The molecule has 0 N–H and O–H groups in total. The van der Waals surface area contributed by atoms with Gasteiger partial charge in [-0.3, -0.25) is 9.97 Å². The molecule has 4 nitrogen and oxygen atoms in total. The lowest BCUT2D eigenvalue weighted by Crippen LogP contribution is -2.00. The first kappa shape index (κ1) is 23.3. The third kappa shape index (κ3) is 8.33. The lowest BCUT2D eigenvalue weighted by atomic mass is 10.1. The molecular formula is C26H33N3OS. The molecular weight excluding hydrogens is 402 g/mol. The summed E-state index contributed by atoms with van der Waals surface area (Å²) in [5.74, 6) is 1.84. The van der Waals surface area contributed by atoms with Crippen LogP contribution in [-0.4, -0.2) is 27.3 Å². The van der Waals surface area contributed by atoms with E-state index in [2.05, 4.69) is 22.6 Å². The van der Waals surface area contributed by atoms with E-state index in [0.717, 1.165) is 47.3 Å². The van der Waals surface area contributed by atoms with Gasteiger partial charge in [-0.1, -0.05) is 57.1 Å². The highest BCUT2D eigenvalue weighted by Gasteiger charge is 2.09. The number of hydrogen-bond acceptors (Lipinski definition) is 5. The predicted molar refractivity (Wildman–Crippen MR) is 132 cm³/mol. The van der Waals surface area contributed by atoms with Crippen LogP contribution >= 0.6 is 12.6 Å². The molecule has 0 fully saturated rings. The van der Waals surface area contributed by atoms with Gasteiger partial charge < -0.3 is 4.74 Å². The smallest absolute Gasteiger partial charge is 0.123 e. The van der Waals surface area contributed by atoms with Crippen LogP contribution < -0.4 is 4.74 Å². The third-order valence-electron chi connectivity index (χ3n) is 5.22. The molecule has 0 saturated heterocycles. The van der Waals surface area contributed by atoms with Crippen LogP contribution in [0.5, 0.6) is 5.75 Å². The zero-order valence-corrected chi connectivity index (χ0v) is 19.1. The van der Waals surface area contributed by atoms with Gasteiger partial charge in [0.2, 0.25) is 0 Å². The van der Waals surface area contributed by atoms with Crippen LogP contribution in [0.4, 0.5) is 0 Å². The second kappa shape index (κ2) is 13.8. The largest absolute Gasteiger partial charge is 0.493 e. The zero-order chi connectivity index (χ0) is 21.6. The first-order valence-electron chi connectivity index (χ1n) is 11.5. The van der Waals surface area contributed by atoms with Gasteiger partial charge in [0, 0.05) is 24.5 Å². The molecule has 0 atom stereocenters. The average molecular weight is 436 g/mol.